The molecular weight excluding hydrogens is 570 g/mol. The molecule has 2 fully saturated rings. The maximum atomic E-state index is 11.0. The van der Waals surface area contributed by atoms with E-state index in [1.807, 2.05) is 40.2 Å². The molecule has 0 amide bonds. The molecule has 8 nitrogen and oxygen atoms in total. The van der Waals surface area contributed by atoms with Crippen LogP contribution < -0.4 is 0 Å². The van der Waals surface area contributed by atoms with Crippen LogP contribution in [0.2, 0.25) is 0 Å². The molecule has 0 bridgehead atoms. The van der Waals surface area contributed by atoms with Gasteiger partial charge >= 0.3 is 0 Å². The van der Waals surface area contributed by atoms with E-state index in [2.05, 4.69) is 73.7 Å². The smallest absolute Gasteiger partial charge is 0.161 e. The van der Waals surface area contributed by atoms with Crippen LogP contribution in [0.25, 0.3) is 33.2 Å². The molecule has 8 rings (SSSR count). The molecule has 1 aliphatic heterocycles. The third-order valence-electron chi connectivity index (χ3n) is 10.3. The van der Waals surface area contributed by atoms with Gasteiger partial charge in [0.2, 0.25) is 0 Å². The number of hydrogen-bond acceptors (Lipinski definition) is 6. The third kappa shape index (κ3) is 5.50. The van der Waals surface area contributed by atoms with E-state index in [1.165, 1.54) is 41.3 Å². The van der Waals surface area contributed by atoms with Gasteiger partial charge in [0.1, 0.15) is 0 Å². The van der Waals surface area contributed by atoms with Gasteiger partial charge in [-0.25, -0.2) is 19.3 Å². The van der Waals surface area contributed by atoms with Crippen molar-refractivity contribution >= 4 is 21.5 Å². The van der Waals surface area contributed by atoms with Crippen molar-refractivity contribution in [3.05, 3.63) is 108 Å². The fourth-order valence-corrected chi connectivity index (χ4v) is 8.00. The Morgan fingerprint density at radius 2 is 1.37 bits per heavy atom. The number of fused-ring (bicyclic) bond motifs is 2. The molecule has 1 N–H and O–H groups in total. The molecule has 0 spiro atoms. The standard InChI is InChI=1S/C38H41N7O/c1-25-18-39-37(35-11-5-3-9-33(25)35)45-24-31(21-42-45)28-14-26(16-32(46)17-28)15-29-19-40-38(36-12-6-4-10-34(29)36)44-23-30(20-41-44)27-8-7-13-43(2)22-27/h3-6,9-12,18-21,23-24,26-28,32,46H,7-8,13-17,22H2,1-2H3. The van der Waals surface area contributed by atoms with Gasteiger partial charge in [0, 0.05) is 42.1 Å². The molecule has 2 aliphatic rings. The van der Waals surface area contributed by atoms with E-state index in [4.69, 9.17) is 20.2 Å². The molecular formula is C38H41N7O. The largest absolute Gasteiger partial charge is 0.393 e. The summed E-state index contributed by atoms with van der Waals surface area (Å²) in [6.07, 6.45) is 17.7. The highest BCUT2D eigenvalue weighted by molar-refractivity contribution is 5.91. The van der Waals surface area contributed by atoms with Gasteiger partial charge in [0.25, 0.3) is 0 Å². The van der Waals surface area contributed by atoms with Gasteiger partial charge in [0.05, 0.1) is 18.5 Å². The number of benzene rings is 2. The zero-order chi connectivity index (χ0) is 31.2. The van der Waals surface area contributed by atoms with E-state index in [0.717, 1.165) is 65.8 Å². The molecule has 1 aliphatic carbocycles. The fourth-order valence-electron chi connectivity index (χ4n) is 8.00. The second-order valence-electron chi connectivity index (χ2n) is 13.6. The summed E-state index contributed by atoms with van der Waals surface area (Å²) < 4.78 is 3.86. The van der Waals surface area contributed by atoms with Crippen LogP contribution >= 0.6 is 0 Å². The van der Waals surface area contributed by atoms with Gasteiger partial charge in [-0.3, -0.25) is 0 Å². The van der Waals surface area contributed by atoms with Crippen LogP contribution in [0, 0.1) is 12.8 Å². The molecule has 46 heavy (non-hydrogen) atoms. The number of pyridine rings is 2. The topological polar surface area (TPSA) is 84.9 Å². The predicted molar refractivity (Wildman–Crippen MR) is 182 cm³/mol. The molecule has 2 aromatic carbocycles. The number of piperidine rings is 1. The summed E-state index contributed by atoms with van der Waals surface area (Å²) in [6, 6.07) is 16.9. The second kappa shape index (κ2) is 12.1. The predicted octanol–water partition coefficient (Wildman–Crippen LogP) is 6.76. The van der Waals surface area contributed by atoms with Crippen LogP contribution in [0.4, 0.5) is 0 Å². The summed E-state index contributed by atoms with van der Waals surface area (Å²) in [6.45, 7) is 4.34. The summed E-state index contributed by atoms with van der Waals surface area (Å²) in [5.41, 5.74) is 4.83. The van der Waals surface area contributed by atoms with Crippen LogP contribution in [-0.2, 0) is 6.42 Å². The molecule has 5 heterocycles. The SMILES string of the molecule is Cc1cnc(-n2cc(C3CC(O)CC(Cc4cnc(-n5cc(C6CCCN(C)C6)cn5)c5ccccc45)C3)cn2)c2ccccc12. The van der Waals surface area contributed by atoms with E-state index in [0.29, 0.717) is 11.8 Å². The normalized spacial score (nSPS) is 22.5. The first-order valence-corrected chi connectivity index (χ1v) is 16.7. The maximum Gasteiger partial charge on any atom is 0.161 e. The van der Waals surface area contributed by atoms with Gasteiger partial charge in [-0.15, -0.1) is 0 Å². The fraction of sp³-hybridized carbons (Fsp3) is 0.368. The van der Waals surface area contributed by atoms with Crippen LogP contribution in [0.3, 0.4) is 0 Å². The molecule has 4 unspecified atom stereocenters. The Labute approximate surface area is 269 Å². The summed E-state index contributed by atoms with van der Waals surface area (Å²) in [4.78, 5) is 12.1. The van der Waals surface area contributed by atoms with E-state index in [1.54, 1.807) is 0 Å². The Kier molecular flexibility index (Phi) is 7.62. The Morgan fingerprint density at radius 1 is 0.739 bits per heavy atom. The number of aryl methyl sites for hydroxylation is 1. The molecule has 8 heteroatoms. The first kappa shape index (κ1) is 29.0. The Balaban J connectivity index is 1.04. The zero-order valence-electron chi connectivity index (χ0n) is 26.6. The Hall–Kier alpha value is -4.40. The molecule has 4 atom stereocenters. The first-order valence-electron chi connectivity index (χ1n) is 16.7. The highest BCUT2D eigenvalue weighted by Gasteiger charge is 2.30. The van der Waals surface area contributed by atoms with Crippen molar-refractivity contribution in [1.82, 2.24) is 34.4 Å². The molecule has 0 radical (unpaired) electrons. The van der Waals surface area contributed by atoms with Gasteiger partial charge in [-0.2, -0.15) is 10.2 Å². The average molecular weight is 612 g/mol. The number of aromatic nitrogens is 6. The van der Waals surface area contributed by atoms with Crippen molar-refractivity contribution in [1.29, 1.82) is 0 Å². The lowest BCUT2D eigenvalue weighted by Gasteiger charge is -2.32. The molecule has 234 valence electrons. The van der Waals surface area contributed by atoms with Gasteiger partial charge in [-0.05, 0) is 110 Å². The highest BCUT2D eigenvalue weighted by Crippen LogP contribution is 2.39. The number of rotatable bonds is 6. The minimum Gasteiger partial charge on any atom is -0.393 e. The lowest BCUT2D eigenvalue weighted by atomic mass is 9.75. The number of aliphatic hydroxyl groups is 1. The number of likely N-dealkylation sites (tertiary alicyclic amines) is 1. The Bertz CT molecular complexity index is 2010. The van der Waals surface area contributed by atoms with Gasteiger partial charge < -0.3 is 10.0 Å². The average Bonchev–Trinajstić information content (AvgIpc) is 3.76. The van der Waals surface area contributed by atoms with E-state index in [9.17, 15) is 5.11 Å². The van der Waals surface area contributed by atoms with Crippen molar-refractivity contribution in [3.63, 3.8) is 0 Å². The lowest BCUT2D eigenvalue weighted by Crippen LogP contribution is -2.30. The molecule has 6 aromatic rings. The van der Waals surface area contributed by atoms with E-state index >= 15 is 0 Å². The summed E-state index contributed by atoms with van der Waals surface area (Å²) in [7, 11) is 2.20. The van der Waals surface area contributed by atoms with Crippen molar-refractivity contribution in [3.8, 4) is 11.6 Å². The lowest BCUT2D eigenvalue weighted by molar-refractivity contribution is 0.0894. The van der Waals surface area contributed by atoms with E-state index in [-0.39, 0.29) is 12.0 Å². The second-order valence-corrected chi connectivity index (χ2v) is 13.6. The summed E-state index contributed by atoms with van der Waals surface area (Å²) >= 11 is 0. The summed E-state index contributed by atoms with van der Waals surface area (Å²) in [5, 5.41) is 25.2. The van der Waals surface area contributed by atoms with Crippen molar-refractivity contribution in [2.24, 2.45) is 5.92 Å². The van der Waals surface area contributed by atoms with Crippen molar-refractivity contribution in [2.45, 2.75) is 63.4 Å². The first-order chi connectivity index (χ1) is 22.5. The van der Waals surface area contributed by atoms with Crippen LogP contribution in [-0.4, -0.2) is 65.8 Å². The number of likely N-dealkylation sites (N-methyl/N-ethyl adjacent to an activating group) is 1. The molecule has 1 saturated heterocycles. The minimum absolute atomic E-state index is 0.235. The van der Waals surface area contributed by atoms with E-state index < -0.39 is 0 Å². The maximum absolute atomic E-state index is 11.0. The van der Waals surface area contributed by atoms with Crippen molar-refractivity contribution in [2.75, 3.05) is 20.1 Å². The number of nitrogens with zero attached hydrogens (tertiary/aromatic N) is 7. The Morgan fingerprint density at radius 3 is 2.09 bits per heavy atom. The summed E-state index contributed by atoms with van der Waals surface area (Å²) in [5.74, 6) is 2.81. The highest BCUT2D eigenvalue weighted by atomic mass is 16.3. The minimum atomic E-state index is -0.342. The molecule has 4 aromatic heterocycles. The van der Waals surface area contributed by atoms with Gasteiger partial charge in [-0.1, -0.05) is 48.5 Å². The van der Waals surface area contributed by atoms with Crippen molar-refractivity contribution < 1.29 is 5.11 Å². The monoisotopic (exact) mass is 611 g/mol. The van der Waals surface area contributed by atoms with Crippen LogP contribution in [0.1, 0.15) is 66.2 Å². The van der Waals surface area contributed by atoms with Crippen LogP contribution in [0.5, 0.6) is 0 Å². The van der Waals surface area contributed by atoms with Crippen LogP contribution in [0.15, 0.2) is 85.7 Å². The molecule has 1 saturated carbocycles. The quantitative estimate of drug-likeness (QED) is 0.224. The number of hydrogen-bond donors (Lipinski definition) is 1. The van der Waals surface area contributed by atoms with Gasteiger partial charge in [0.15, 0.2) is 11.6 Å². The zero-order valence-corrected chi connectivity index (χ0v) is 26.6. The number of aliphatic hydroxyl groups excluding tert-OH is 1. The third-order valence-corrected chi connectivity index (χ3v) is 10.3.